The van der Waals surface area contributed by atoms with Gasteiger partial charge in [0.15, 0.2) is 0 Å². The predicted molar refractivity (Wildman–Crippen MR) is 130 cm³/mol. The van der Waals surface area contributed by atoms with Gasteiger partial charge in [-0.25, -0.2) is 9.59 Å². The standard InChI is InChI=1S/C24H30ClNO6S/c1-7-30-22(28)19-15(3)20(23(29)32-24(4,5)6)33-21(19)26-18(27)9-8-12-31-17-11-10-16(25)13-14(17)2/h10-11,13H,7-9,12H2,1-6H3,(H,26,27). The van der Waals surface area contributed by atoms with Gasteiger partial charge in [-0.3, -0.25) is 4.79 Å². The van der Waals surface area contributed by atoms with Crippen LogP contribution in [-0.2, 0) is 14.3 Å². The van der Waals surface area contributed by atoms with Crippen molar-refractivity contribution in [3.8, 4) is 5.75 Å². The van der Waals surface area contributed by atoms with Gasteiger partial charge in [0.1, 0.15) is 21.2 Å². The summed E-state index contributed by atoms with van der Waals surface area (Å²) in [5, 5.41) is 3.65. The fourth-order valence-electron chi connectivity index (χ4n) is 2.95. The largest absolute Gasteiger partial charge is 0.493 e. The molecule has 1 aromatic heterocycles. The Hall–Kier alpha value is -2.58. The van der Waals surface area contributed by atoms with E-state index < -0.39 is 17.5 Å². The highest BCUT2D eigenvalue weighted by Gasteiger charge is 2.29. The molecule has 2 rings (SSSR count). The Morgan fingerprint density at radius 1 is 1.12 bits per heavy atom. The van der Waals surface area contributed by atoms with Crippen molar-refractivity contribution in [1.82, 2.24) is 0 Å². The first-order chi connectivity index (χ1) is 15.4. The minimum atomic E-state index is -0.691. The van der Waals surface area contributed by atoms with Crippen LogP contribution in [0, 0.1) is 13.8 Å². The molecule has 0 aliphatic heterocycles. The number of aryl methyl sites for hydroxylation is 1. The molecule has 1 heterocycles. The summed E-state index contributed by atoms with van der Waals surface area (Å²) in [5.74, 6) is -0.741. The average molecular weight is 496 g/mol. The zero-order valence-electron chi connectivity index (χ0n) is 19.8. The molecule has 33 heavy (non-hydrogen) atoms. The van der Waals surface area contributed by atoms with E-state index in [1.165, 1.54) is 0 Å². The van der Waals surface area contributed by atoms with Crippen molar-refractivity contribution in [1.29, 1.82) is 0 Å². The second-order valence-corrected chi connectivity index (χ2v) is 9.85. The Morgan fingerprint density at radius 3 is 2.42 bits per heavy atom. The van der Waals surface area contributed by atoms with E-state index in [1.807, 2.05) is 13.0 Å². The molecule has 0 bridgehead atoms. The summed E-state index contributed by atoms with van der Waals surface area (Å²) in [4.78, 5) is 37.9. The number of rotatable bonds is 9. The molecular weight excluding hydrogens is 466 g/mol. The van der Waals surface area contributed by atoms with Crippen molar-refractivity contribution >= 4 is 45.8 Å². The number of amides is 1. The van der Waals surface area contributed by atoms with Crippen LogP contribution in [0.4, 0.5) is 5.00 Å². The molecule has 0 aliphatic rings. The first-order valence-electron chi connectivity index (χ1n) is 10.7. The third-order valence-electron chi connectivity index (χ3n) is 4.41. The number of carbonyl (C=O) groups is 3. The summed E-state index contributed by atoms with van der Waals surface area (Å²) in [6.07, 6.45) is 0.638. The maximum Gasteiger partial charge on any atom is 0.349 e. The van der Waals surface area contributed by atoms with Gasteiger partial charge in [-0.15, -0.1) is 11.3 Å². The number of ether oxygens (including phenoxy) is 3. The van der Waals surface area contributed by atoms with E-state index >= 15 is 0 Å². The highest BCUT2D eigenvalue weighted by Crippen LogP contribution is 2.35. The summed E-state index contributed by atoms with van der Waals surface area (Å²) >= 11 is 6.95. The number of nitrogens with one attached hydrogen (secondary N) is 1. The first-order valence-corrected chi connectivity index (χ1v) is 11.8. The molecule has 0 saturated carbocycles. The third-order valence-corrected chi connectivity index (χ3v) is 5.83. The quantitative estimate of drug-likeness (QED) is 0.341. The highest BCUT2D eigenvalue weighted by molar-refractivity contribution is 7.18. The van der Waals surface area contributed by atoms with Crippen LogP contribution in [0.5, 0.6) is 5.75 Å². The van der Waals surface area contributed by atoms with Crippen molar-refractivity contribution in [3.63, 3.8) is 0 Å². The van der Waals surface area contributed by atoms with Crippen LogP contribution in [0.1, 0.15) is 71.7 Å². The van der Waals surface area contributed by atoms with E-state index in [4.69, 9.17) is 25.8 Å². The molecule has 0 spiro atoms. The second kappa shape index (κ2) is 11.5. The number of anilines is 1. The smallest absolute Gasteiger partial charge is 0.349 e. The normalized spacial score (nSPS) is 11.1. The molecule has 0 atom stereocenters. The summed E-state index contributed by atoms with van der Waals surface area (Å²) < 4.78 is 16.3. The van der Waals surface area contributed by atoms with Gasteiger partial charge in [-0.1, -0.05) is 11.6 Å². The van der Waals surface area contributed by atoms with Gasteiger partial charge in [0.2, 0.25) is 5.91 Å². The lowest BCUT2D eigenvalue weighted by Gasteiger charge is -2.19. The second-order valence-electron chi connectivity index (χ2n) is 8.39. The zero-order chi connectivity index (χ0) is 24.8. The minimum absolute atomic E-state index is 0.170. The minimum Gasteiger partial charge on any atom is -0.493 e. The Bertz CT molecular complexity index is 1020. The fourth-order valence-corrected chi connectivity index (χ4v) is 4.26. The fraction of sp³-hybridized carbons (Fsp3) is 0.458. The van der Waals surface area contributed by atoms with Crippen LogP contribution in [0.2, 0.25) is 5.02 Å². The lowest BCUT2D eigenvalue weighted by atomic mass is 10.1. The molecule has 0 unspecified atom stereocenters. The number of thiophene rings is 1. The van der Waals surface area contributed by atoms with E-state index in [-0.39, 0.29) is 34.4 Å². The molecule has 0 aliphatic carbocycles. The monoisotopic (exact) mass is 495 g/mol. The molecule has 1 N–H and O–H groups in total. The van der Waals surface area contributed by atoms with Crippen LogP contribution in [0.25, 0.3) is 0 Å². The summed E-state index contributed by atoms with van der Waals surface area (Å²) in [6, 6.07) is 5.34. The van der Waals surface area contributed by atoms with Crippen molar-refractivity contribution in [2.75, 3.05) is 18.5 Å². The molecular formula is C24H30ClNO6S. The average Bonchev–Trinajstić information content (AvgIpc) is 3.01. The van der Waals surface area contributed by atoms with Gasteiger partial charge in [0.25, 0.3) is 0 Å². The predicted octanol–water partition coefficient (Wildman–Crippen LogP) is 5.95. The molecule has 1 aromatic carbocycles. The van der Waals surface area contributed by atoms with Crippen molar-refractivity contribution in [2.24, 2.45) is 0 Å². The number of esters is 2. The third kappa shape index (κ3) is 7.75. The molecule has 1 amide bonds. The van der Waals surface area contributed by atoms with Crippen molar-refractivity contribution < 1.29 is 28.6 Å². The molecule has 0 radical (unpaired) electrons. The van der Waals surface area contributed by atoms with E-state index in [2.05, 4.69) is 5.32 Å². The number of carbonyl (C=O) groups excluding carboxylic acids is 3. The summed E-state index contributed by atoms with van der Waals surface area (Å²) in [5.41, 5.74) is 0.812. The van der Waals surface area contributed by atoms with Crippen LogP contribution >= 0.6 is 22.9 Å². The topological polar surface area (TPSA) is 90.9 Å². The van der Waals surface area contributed by atoms with Gasteiger partial charge in [-0.05, 0) is 77.3 Å². The first kappa shape index (κ1) is 26.7. The van der Waals surface area contributed by atoms with E-state index in [9.17, 15) is 14.4 Å². The van der Waals surface area contributed by atoms with E-state index in [0.29, 0.717) is 29.4 Å². The number of hydrogen-bond donors (Lipinski definition) is 1. The number of hydrogen-bond acceptors (Lipinski definition) is 7. The molecule has 2 aromatic rings. The highest BCUT2D eigenvalue weighted by atomic mass is 35.5. The molecule has 0 fully saturated rings. The van der Waals surface area contributed by atoms with Crippen LogP contribution in [0.15, 0.2) is 18.2 Å². The van der Waals surface area contributed by atoms with Crippen LogP contribution in [-0.4, -0.2) is 36.7 Å². The molecule has 180 valence electrons. The van der Waals surface area contributed by atoms with Gasteiger partial charge in [-0.2, -0.15) is 0 Å². The van der Waals surface area contributed by atoms with Crippen LogP contribution in [0.3, 0.4) is 0 Å². The maximum absolute atomic E-state index is 12.6. The summed E-state index contributed by atoms with van der Waals surface area (Å²) in [7, 11) is 0. The number of benzene rings is 1. The maximum atomic E-state index is 12.6. The summed E-state index contributed by atoms with van der Waals surface area (Å²) in [6.45, 7) is 11.0. The number of halogens is 1. The molecule has 9 heteroatoms. The Labute approximate surface area is 203 Å². The van der Waals surface area contributed by atoms with E-state index in [1.54, 1.807) is 46.8 Å². The Balaban J connectivity index is 2.07. The van der Waals surface area contributed by atoms with Crippen molar-refractivity contribution in [2.45, 2.75) is 60.0 Å². The van der Waals surface area contributed by atoms with Gasteiger partial charge >= 0.3 is 11.9 Å². The van der Waals surface area contributed by atoms with Crippen molar-refractivity contribution in [3.05, 3.63) is 44.8 Å². The van der Waals surface area contributed by atoms with Gasteiger partial charge in [0.05, 0.1) is 18.8 Å². The van der Waals surface area contributed by atoms with Gasteiger partial charge in [0, 0.05) is 11.4 Å². The SMILES string of the molecule is CCOC(=O)c1c(NC(=O)CCCOc2ccc(Cl)cc2C)sc(C(=O)OC(C)(C)C)c1C. The lowest BCUT2D eigenvalue weighted by Crippen LogP contribution is -2.23. The van der Waals surface area contributed by atoms with Gasteiger partial charge < -0.3 is 19.5 Å². The zero-order valence-corrected chi connectivity index (χ0v) is 21.4. The Kier molecular flexibility index (Phi) is 9.31. The molecule has 7 nitrogen and oxygen atoms in total. The van der Waals surface area contributed by atoms with Crippen LogP contribution < -0.4 is 10.1 Å². The lowest BCUT2D eigenvalue weighted by molar-refractivity contribution is -0.116. The Morgan fingerprint density at radius 2 is 1.82 bits per heavy atom. The van der Waals surface area contributed by atoms with E-state index in [0.717, 1.165) is 16.9 Å². The molecule has 0 saturated heterocycles.